The minimum absolute atomic E-state index is 0.834. The summed E-state index contributed by atoms with van der Waals surface area (Å²) in [5.41, 5.74) is -5.32. The van der Waals surface area contributed by atoms with Crippen molar-refractivity contribution in [2.45, 2.75) is 11.8 Å². The van der Waals surface area contributed by atoms with Gasteiger partial charge in [0.1, 0.15) is 5.76 Å². The van der Waals surface area contributed by atoms with Gasteiger partial charge in [-0.15, -0.1) is 0 Å². The number of nitrogens with zero attached hydrogens (tertiary/aromatic N) is 1. The first kappa shape index (κ1) is 14.1. The van der Waals surface area contributed by atoms with Crippen molar-refractivity contribution in [3.8, 4) is 0 Å². The first-order valence-corrected chi connectivity index (χ1v) is 5.35. The zero-order chi connectivity index (χ0) is 15.0. The molecule has 1 N–H and O–H groups in total. The number of benzene rings is 1. The van der Waals surface area contributed by atoms with Gasteiger partial charge >= 0.3 is 6.18 Å². The maximum Gasteiger partial charge on any atom is 0.429 e. The van der Waals surface area contributed by atoms with Crippen LogP contribution in [-0.2, 0) is 5.60 Å². The average Bonchev–Trinajstić information content (AvgIpc) is 2.90. The SMILES string of the molecule is O=[N+]([O-])c1ccccc1C(O)(c1ccco1)C(F)(F)F. The third-order valence-electron chi connectivity index (χ3n) is 2.78. The van der Waals surface area contributed by atoms with Gasteiger partial charge in [-0.1, -0.05) is 12.1 Å². The van der Waals surface area contributed by atoms with Gasteiger partial charge in [-0.25, -0.2) is 0 Å². The van der Waals surface area contributed by atoms with E-state index in [1.54, 1.807) is 0 Å². The highest BCUT2D eigenvalue weighted by molar-refractivity contribution is 5.48. The van der Waals surface area contributed by atoms with Crippen LogP contribution in [0.15, 0.2) is 47.1 Å². The van der Waals surface area contributed by atoms with E-state index in [1.165, 1.54) is 12.1 Å². The molecule has 0 aliphatic carbocycles. The van der Waals surface area contributed by atoms with Crippen molar-refractivity contribution >= 4 is 5.69 Å². The van der Waals surface area contributed by atoms with E-state index < -0.39 is 33.7 Å². The Kier molecular flexibility index (Phi) is 3.26. The summed E-state index contributed by atoms with van der Waals surface area (Å²) in [6.45, 7) is 0. The van der Waals surface area contributed by atoms with E-state index in [0.29, 0.717) is 0 Å². The van der Waals surface area contributed by atoms with Crippen LogP contribution in [0.5, 0.6) is 0 Å². The van der Waals surface area contributed by atoms with Crippen LogP contribution < -0.4 is 0 Å². The topological polar surface area (TPSA) is 76.5 Å². The van der Waals surface area contributed by atoms with E-state index >= 15 is 0 Å². The zero-order valence-corrected chi connectivity index (χ0v) is 9.79. The summed E-state index contributed by atoms with van der Waals surface area (Å²) in [6.07, 6.45) is -4.24. The van der Waals surface area contributed by atoms with Crippen LogP contribution in [0.3, 0.4) is 0 Å². The lowest BCUT2D eigenvalue weighted by atomic mass is 9.89. The lowest BCUT2D eigenvalue weighted by molar-refractivity contribution is -0.388. The molecule has 1 aromatic carbocycles. The number of aliphatic hydroxyl groups is 1. The molecule has 1 unspecified atom stereocenters. The second-order valence-electron chi connectivity index (χ2n) is 3.96. The summed E-state index contributed by atoms with van der Waals surface area (Å²) >= 11 is 0. The summed E-state index contributed by atoms with van der Waals surface area (Å²) in [4.78, 5) is 9.87. The molecule has 106 valence electrons. The zero-order valence-electron chi connectivity index (χ0n) is 9.79. The smallest absolute Gasteiger partial charge is 0.429 e. The molecule has 1 heterocycles. The number of furan rings is 1. The standard InChI is InChI=1S/C12H8F3NO4/c13-12(14,15)11(17,10-6-3-7-20-10)8-4-1-2-5-9(8)16(18)19/h1-7,17H. The Labute approximate surface area is 110 Å². The van der Waals surface area contributed by atoms with Crippen LogP contribution >= 0.6 is 0 Å². The summed E-state index contributed by atoms with van der Waals surface area (Å²) in [7, 11) is 0. The van der Waals surface area contributed by atoms with Crippen LogP contribution in [0.25, 0.3) is 0 Å². The quantitative estimate of drug-likeness (QED) is 0.695. The Bertz CT molecular complexity index is 624. The van der Waals surface area contributed by atoms with Gasteiger partial charge in [-0.3, -0.25) is 10.1 Å². The lowest BCUT2D eigenvalue weighted by Gasteiger charge is -2.28. The van der Waals surface area contributed by atoms with Crippen molar-refractivity contribution in [3.63, 3.8) is 0 Å². The Balaban J connectivity index is 2.75. The van der Waals surface area contributed by atoms with Crippen LogP contribution in [0, 0.1) is 10.1 Å². The first-order chi connectivity index (χ1) is 9.28. The number of halogens is 3. The van der Waals surface area contributed by atoms with E-state index in [9.17, 15) is 28.4 Å². The van der Waals surface area contributed by atoms with E-state index in [2.05, 4.69) is 4.42 Å². The van der Waals surface area contributed by atoms with Crippen LogP contribution in [0.1, 0.15) is 11.3 Å². The summed E-state index contributed by atoms with van der Waals surface area (Å²) in [5, 5.41) is 20.9. The molecule has 0 amide bonds. The van der Waals surface area contributed by atoms with Crippen molar-refractivity contribution < 1.29 is 27.6 Å². The molecular formula is C12H8F3NO4. The second kappa shape index (κ2) is 4.64. The van der Waals surface area contributed by atoms with Crippen LogP contribution in [0.2, 0.25) is 0 Å². The van der Waals surface area contributed by atoms with Gasteiger partial charge in [0.05, 0.1) is 16.7 Å². The third kappa shape index (κ3) is 2.03. The molecule has 20 heavy (non-hydrogen) atoms. The van der Waals surface area contributed by atoms with E-state index in [-0.39, 0.29) is 0 Å². The molecule has 5 nitrogen and oxygen atoms in total. The molecule has 0 saturated carbocycles. The predicted octanol–water partition coefficient (Wildman–Crippen LogP) is 2.99. The molecule has 0 saturated heterocycles. The third-order valence-corrected chi connectivity index (χ3v) is 2.78. The summed E-state index contributed by atoms with van der Waals surface area (Å²) < 4.78 is 44.4. The Morgan fingerprint density at radius 2 is 1.80 bits per heavy atom. The molecule has 1 atom stereocenters. The van der Waals surface area contributed by atoms with E-state index in [0.717, 1.165) is 30.5 Å². The Morgan fingerprint density at radius 1 is 1.15 bits per heavy atom. The van der Waals surface area contributed by atoms with Crippen molar-refractivity contribution in [2.75, 3.05) is 0 Å². The molecule has 0 bridgehead atoms. The lowest BCUT2D eigenvalue weighted by Crippen LogP contribution is -2.43. The van der Waals surface area contributed by atoms with E-state index in [1.807, 2.05) is 0 Å². The normalized spacial score (nSPS) is 14.8. The van der Waals surface area contributed by atoms with Crippen molar-refractivity contribution in [3.05, 3.63) is 64.1 Å². The second-order valence-corrected chi connectivity index (χ2v) is 3.96. The highest BCUT2D eigenvalue weighted by Crippen LogP contribution is 2.47. The molecule has 0 fully saturated rings. The minimum atomic E-state index is -5.18. The highest BCUT2D eigenvalue weighted by atomic mass is 19.4. The number of alkyl halides is 3. The van der Waals surface area contributed by atoms with Gasteiger partial charge in [-0.2, -0.15) is 13.2 Å². The molecular weight excluding hydrogens is 279 g/mol. The fourth-order valence-corrected chi connectivity index (χ4v) is 1.85. The number of hydrogen-bond acceptors (Lipinski definition) is 4. The average molecular weight is 287 g/mol. The Hall–Kier alpha value is -2.35. The fourth-order valence-electron chi connectivity index (χ4n) is 1.85. The number of para-hydroxylation sites is 1. The number of nitro groups is 1. The van der Waals surface area contributed by atoms with Gasteiger partial charge in [0.25, 0.3) is 11.3 Å². The minimum Gasteiger partial charge on any atom is -0.466 e. The molecule has 0 aliphatic heterocycles. The molecule has 1 aromatic heterocycles. The van der Waals surface area contributed by atoms with Gasteiger partial charge < -0.3 is 9.52 Å². The largest absolute Gasteiger partial charge is 0.466 e. The number of rotatable bonds is 3. The Morgan fingerprint density at radius 3 is 2.30 bits per heavy atom. The van der Waals surface area contributed by atoms with Crippen molar-refractivity contribution in [2.24, 2.45) is 0 Å². The summed E-state index contributed by atoms with van der Waals surface area (Å²) in [6, 6.07) is 6.16. The van der Waals surface area contributed by atoms with Crippen LogP contribution in [0.4, 0.5) is 18.9 Å². The molecule has 2 aromatic rings. The first-order valence-electron chi connectivity index (χ1n) is 5.35. The van der Waals surface area contributed by atoms with Gasteiger partial charge in [0.15, 0.2) is 0 Å². The van der Waals surface area contributed by atoms with Crippen molar-refractivity contribution in [1.29, 1.82) is 0 Å². The summed E-state index contributed by atoms with van der Waals surface area (Å²) in [5.74, 6) is -0.834. The molecule has 0 spiro atoms. The molecule has 8 heteroatoms. The van der Waals surface area contributed by atoms with Gasteiger partial charge in [0.2, 0.25) is 0 Å². The van der Waals surface area contributed by atoms with Crippen LogP contribution in [-0.4, -0.2) is 16.2 Å². The maximum absolute atomic E-state index is 13.3. The molecule has 0 aliphatic rings. The number of nitro benzene ring substituents is 1. The van der Waals surface area contributed by atoms with Crippen molar-refractivity contribution in [1.82, 2.24) is 0 Å². The molecule has 2 rings (SSSR count). The van der Waals surface area contributed by atoms with Gasteiger partial charge in [-0.05, 0) is 18.2 Å². The monoisotopic (exact) mass is 287 g/mol. The highest BCUT2D eigenvalue weighted by Gasteiger charge is 2.60. The molecule has 0 radical (unpaired) electrons. The van der Waals surface area contributed by atoms with Gasteiger partial charge in [0, 0.05) is 6.07 Å². The maximum atomic E-state index is 13.3. The van der Waals surface area contributed by atoms with E-state index in [4.69, 9.17) is 0 Å². The number of hydrogen-bond donors (Lipinski definition) is 1. The predicted molar refractivity (Wildman–Crippen MR) is 60.9 cm³/mol. The fraction of sp³-hybridized carbons (Fsp3) is 0.167.